The van der Waals surface area contributed by atoms with Gasteiger partial charge >= 0.3 is 0 Å². The van der Waals surface area contributed by atoms with Crippen LogP contribution in [0.15, 0.2) is 0 Å². The predicted octanol–water partition coefficient (Wildman–Crippen LogP) is 6.48. The Morgan fingerprint density at radius 3 is 1.47 bits per heavy atom. The molecule has 0 radical (unpaired) electrons. The summed E-state index contributed by atoms with van der Waals surface area (Å²) in [7, 11) is 0. The smallest absolute Gasteiger partial charge is 0.224 e. The number of rotatable bonds is 14. The zero-order valence-electron chi connectivity index (χ0n) is 13.1. The second kappa shape index (κ2) is 14.4. The lowest BCUT2D eigenvalue weighted by Crippen LogP contribution is -2.08. The van der Waals surface area contributed by atoms with Crippen molar-refractivity contribution < 1.29 is 4.79 Å². The van der Waals surface area contributed by atoms with Gasteiger partial charge in [-0.2, -0.15) is 0 Å². The molecule has 0 saturated heterocycles. The Hall–Kier alpha value is -0.0400. The van der Waals surface area contributed by atoms with Crippen molar-refractivity contribution in [2.45, 2.75) is 97.3 Å². The minimum atomic E-state index is -0.107. The van der Waals surface area contributed by atoms with Crippen LogP contribution >= 0.6 is 11.6 Å². The number of carbonyl (C=O) groups excluding carboxylic acids is 1. The molecule has 0 aliphatic heterocycles. The van der Waals surface area contributed by atoms with Crippen molar-refractivity contribution in [2.75, 3.05) is 0 Å². The number of halogens is 1. The molecular formula is C17H33ClO. The summed E-state index contributed by atoms with van der Waals surface area (Å²) < 4.78 is 0. The number of hydrogen-bond donors (Lipinski definition) is 0. The molecule has 0 amide bonds. The van der Waals surface area contributed by atoms with E-state index in [0.717, 1.165) is 12.8 Å². The quantitative estimate of drug-likeness (QED) is 0.264. The van der Waals surface area contributed by atoms with Gasteiger partial charge in [-0.3, -0.25) is 4.79 Å². The molecule has 0 bridgehead atoms. The third kappa shape index (κ3) is 12.7. The van der Waals surface area contributed by atoms with E-state index in [2.05, 4.69) is 13.8 Å². The highest BCUT2D eigenvalue weighted by Crippen LogP contribution is 2.21. The van der Waals surface area contributed by atoms with Crippen LogP contribution in [-0.4, -0.2) is 5.24 Å². The van der Waals surface area contributed by atoms with Crippen molar-refractivity contribution in [3.8, 4) is 0 Å². The molecule has 0 fully saturated rings. The molecule has 0 spiro atoms. The van der Waals surface area contributed by atoms with Crippen LogP contribution in [0.2, 0.25) is 0 Å². The molecule has 0 aromatic heterocycles. The third-order valence-electron chi connectivity index (χ3n) is 3.88. The van der Waals surface area contributed by atoms with Crippen LogP contribution in [-0.2, 0) is 4.79 Å². The van der Waals surface area contributed by atoms with Gasteiger partial charge in [0.05, 0.1) is 0 Å². The van der Waals surface area contributed by atoms with Gasteiger partial charge in [0.25, 0.3) is 0 Å². The molecule has 0 N–H and O–H groups in total. The van der Waals surface area contributed by atoms with Crippen LogP contribution in [0, 0.1) is 5.92 Å². The van der Waals surface area contributed by atoms with Gasteiger partial charge in [-0.15, -0.1) is 0 Å². The first-order chi connectivity index (χ1) is 9.22. The van der Waals surface area contributed by atoms with Crippen LogP contribution in [0.1, 0.15) is 97.3 Å². The Bertz CT molecular complexity index is 203. The molecular weight excluding hydrogens is 256 g/mol. The first kappa shape index (κ1) is 19.0. The van der Waals surface area contributed by atoms with Gasteiger partial charge in [-0.05, 0) is 24.4 Å². The Morgan fingerprint density at radius 2 is 1.11 bits per heavy atom. The second-order valence-corrected chi connectivity index (χ2v) is 6.13. The van der Waals surface area contributed by atoms with Crippen LogP contribution in [0.3, 0.4) is 0 Å². The van der Waals surface area contributed by atoms with E-state index >= 15 is 0 Å². The molecule has 114 valence electrons. The van der Waals surface area contributed by atoms with Gasteiger partial charge in [-0.25, -0.2) is 0 Å². The summed E-state index contributed by atoms with van der Waals surface area (Å²) in [6.07, 6.45) is 16.0. The summed E-state index contributed by atoms with van der Waals surface area (Å²) in [5.41, 5.74) is 0. The maximum absolute atomic E-state index is 11.4. The largest absolute Gasteiger partial charge is 0.281 e. The average molecular weight is 289 g/mol. The molecule has 0 aromatic rings. The van der Waals surface area contributed by atoms with Gasteiger partial charge in [0, 0.05) is 5.92 Å². The molecule has 0 aliphatic rings. The van der Waals surface area contributed by atoms with Crippen molar-refractivity contribution in [1.82, 2.24) is 0 Å². The van der Waals surface area contributed by atoms with Crippen LogP contribution in [0.4, 0.5) is 0 Å². The average Bonchev–Trinajstić information content (AvgIpc) is 2.39. The fourth-order valence-corrected chi connectivity index (χ4v) is 2.75. The third-order valence-corrected chi connectivity index (χ3v) is 4.19. The summed E-state index contributed by atoms with van der Waals surface area (Å²) in [5.74, 6) is 0.120. The highest BCUT2D eigenvalue weighted by Gasteiger charge is 2.15. The fourth-order valence-electron chi connectivity index (χ4n) is 2.54. The van der Waals surface area contributed by atoms with E-state index in [-0.39, 0.29) is 11.2 Å². The molecule has 1 nitrogen and oxygen atoms in total. The predicted molar refractivity (Wildman–Crippen MR) is 85.7 cm³/mol. The van der Waals surface area contributed by atoms with Crippen molar-refractivity contribution in [3.05, 3.63) is 0 Å². The van der Waals surface area contributed by atoms with Gasteiger partial charge in [-0.1, -0.05) is 84.5 Å². The van der Waals surface area contributed by atoms with Gasteiger partial charge < -0.3 is 0 Å². The Balaban J connectivity index is 3.54. The van der Waals surface area contributed by atoms with E-state index in [4.69, 9.17) is 11.6 Å². The second-order valence-electron chi connectivity index (χ2n) is 5.76. The van der Waals surface area contributed by atoms with E-state index < -0.39 is 0 Å². The monoisotopic (exact) mass is 288 g/mol. The SMILES string of the molecule is CCCCCCCCC(CCCCCCC)C(=O)Cl. The van der Waals surface area contributed by atoms with E-state index in [1.54, 1.807) is 0 Å². The van der Waals surface area contributed by atoms with E-state index in [1.165, 1.54) is 70.6 Å². The first-order valence-corrected chi connectivity index (χ1v) is 8.79. The van der Waals surface area contributed by atoms with Crippen molar-refractivity contribution in [2.24, 2.45) is 5.92 Å². The van der Waals surface area contributed by atoms with Gasteiger partial charge in [0.2, 0.25) is 5.24 Å². The van der Waals surface area contributed by atoms with Crippen LogP contribution < -0.4 is 0 Å². The number of unbranched alkanes of at least 4 members (excludes halogenated alkanes) is 9. The highest BCUT2D eigenvalue weighted by atomic mass is 35.5. The lowest BCUT2D eigenvalue weighted by atomic mass is 9.95. The molecule has 19 heavy (non-hydrogen) atoms. The molecule has 0 aliphatic carbocycles. The highest BCUT2D eigenvalue weighted by molar-refractivity contribution is 6.63. The standard InChI is InChI=1S/C17H33ClO/c1-3-5-7-9-11-13-15-16(17(18)19)14-12-10-8-6-4-2/h16H,3-15H2,1-2H3. The maximum Gasteiger partial charge on any atom is 0.224 e. The van der Waals surface area contributed by atoms with Gasteiger partial charge in [0.15, 0.2) is 0 Å². The molecule has 0 rings (SSSR count). The summed E-state index contributed by atoms with van der Waals surface area (Å²) in [6.45, 7) is 4.46. The molecule has 0 saturated carbocycles. The Labute approximate surface area is 125 Å². The molecule has 2 heteroatoms. The zero-order valence-corrected chi connectivity index (χ0v) is 13.8. The van der Waals surface area contributed by atoms with Crippen molar-refractivity contribution in [3.63, 3.8) is 0 Å². The maximum atomic E-state index is 11.4. The molecule has 0 aromatic carbocycles. The van der Waals surface area contributed by atoms with E-state index in [9.17, 15) is 4.79 Å². The molecule has 0 heterocycles. The summed E-state index contributed by atoms with van der Waals surface area (Å²) in [5, 5.41) is -0.107. The fraction of sp³-hybridized carbons (Fsp3) is 0.941. The van der Waals surface area contributed by atoms with Crippen molar-refractivity contribution in [1.29, 1.82) is 0 Å². The lowest BCUT2D eigenvalue weighted by molar-refractivity contribution is -0.115. The Kier molecular flexibility index (Phi) is 14.3. The normalized spacial score (nSPS) is 12.6. The van der Waals surface area contributed by atoms with Gasteiger partial charge in [0.1, 0.15) is 0 Å². The number of hydrogen-bond acceptors (Lipinski definition) is 1. The van der Waals surface area contributed by atoms with E-state index in [0.29, 0.717) is 0 Å². The van der Waals surface area contributed by atoms with Crippen LogP contribution in [0.5, 0.6) is 0 Å². The molecule has 1 atom stereocenters. The first-order valence-electron chi connectivity index (χ1n) is 8.41. The summed E-state index contributed by atoms with van der Waals surface area (Å²) >= 11 is 5.71. The van der Waals surface area contributed by atoms with Crippen LogP contribution in [0.25, 0.3) is 0 Å². The minimum Gasteiger partial charge on any atom is -0.281 e. The van der Waals surface area contributed by atoms with E-state index in [1.807, 2.05) is 0 Å². The summed E-state index contributed by atoms with van der Waals surface area (Å²) in [6, 6.07) is 0. The van der Waals surface area contributed by atoms with Crippen molar-refractivity contribution >= 4 is 16.8 Å². The minimum absolute atomic E-state index is 0.107. The Morgan fingerprint density at radius 1 is 0.737 bits per heavy atom. The number of carbonyl (C=O) groups is 1. The lowest BCUT2D eigenvalue weighted by Gasteiger charge is -2.12. The summed E-state index contributed by atoms with van der Waals surface area (Å²) in [4.78, 5) is 11.4. The topological polar surface area (TPSA) is 17.1 Å². The molecule has 1 unspecified atom stereocenters. The zero-order chi connectivity index (χ0) is 14.3.